The molecular formula is C18H12Cl2N2O2. The van der Waals surface area contributed by atoms with Crippen LogP contribution in [0.4, 0.5) is 0 Å². The number of rotatable bonds is 5. The molecule has 0 N–H and O–H groups in total. The minimum Gasteiger partial charge on any atom is -0.496 e. The van der Waals surface area contributed by atoms with Crippen LogP contribution in [0.2, 0.25) is 10.0 Å². The topological polar surface area (TPSA) is 66.0 Å². The molecule has 0 aliphatic rings. The van der Waals surface area contributed by atoms with Crippen LogP contribution < -0.4 is 9.47 Å². The Morgan fingerprint density at radius 3 is 2.38 bits per heavy atom. The summed E-state index contributed by atoms with van der Waals surface area (Å²) in [7, 11) is 1.55. The van der Waals surface area contributed by atoms with E-state index < -0.39 is 0 Å². The van der Waals surface area contributed by atoms with Gasteiger partial charge in [-0.15, -0.1) is 0 Å². The number of allylic oxidation sites excluding steroid dienone is 1. The lowest BCUT2D eigenvalue weighted by molar-refractivity contribution is 0.297. The lowest BCUT2D eigenvalue weighted by Gasteiger charge is -2.13. The molecule has 6 heteroatoms. The van der Waals surface area contributed by atoms with Crippen LogP contribution in [-0.4, -0.2) is 7.11 Å². The SMILES string of the molecule is COc1ccc(C=C(C#N)C#N)cc1COc1c(Cl)cccc1Cl. The molecule has 120 valence electrons. The number of ether oxygens (including phenoxy) is 2. The maximum Gasteiger partial charge on any atom is 0.156 e. The number of hydrogen-bond acceptors (Lipinski definition) is 4. The van der Waals surface area contributed by atoms with Crippen molar-refractivity contribution in [3.63, 3.8) is 0 Å². The largest absolute Gasteiger partial charge is 0.496 e. The maximum absolute atomic E-state index is 8.85. The highest BCUT2D eigenvalue weighted by atomic mass is 35.5. The Bertz CT molecular complexity index is 828. The first kappa shape index (κ1) is 17.7. The van der Waals surface area contributed by atoms with Crippen LogP contribution in [0.15, 0.2) is 42.0 Å². The molecule has 2 aromatic carbocycles. The van der Waals surface area contributed by atoms with E-state index in [2.05, 4.69) is 0 Å². The van der Waals surface area contributed by atoms with Crippen molar-refractivity contribution in [3.8, 4) is 23.6 Å². The average Bonchev–Trinajstić information content (AvgIpc) is 2.59. The van der Waals surface area contributed by atoms with Gasteiger partial charge in [0.05, 0.1) is 17.2 Å². The Balaban J connectivity index is 2.31. The Morgan fingerprint density at radius 1 is 1.12 bits per heavy atom. The van der Waals surface area contributed by atoms with Crippen molar-refractivity contribution in [1.29, 1.82) is 10.5 Å². The highest BCUT2D eigenvalue weighted by Gasteiger charge is 2.10. The Labute approximate surface area is 150 Å². The molecule has 0 amide bonds. The predicted octanol–water partition coefficient (Wildman–Crippen LogP) is 5.01. The molecule has 0 saturated heterocycles. The highest BCUT2D eigenvalue weighted by molar-refractivity contribution is 6.37. The van der Waals surface area contributed by atoms with Gasteiger partial charge in [0.15, 0.2) is 5.75 Å². The normalized spacial score (nSPS) is 9.54. The van der Waals surface area contributed by atoms with Crippen LogP contribution in [0.5, 0.6) is 11.5 Å². The highest BCUT2D eigenvalue weighted by Crippen LogP contribution is 2.33. The number of halogens is 2. The smallest absolute Gasteiger partial charge is 0.156 e. The van der Waals surface area contributed by atoms with Gasteiger partial charge in [-0.2, -0.15) is 10.5 Å². The summed E-state index contributed by atoms with van der Waals surface area (Å²) in [5.74, 6) is 1.00. The number of hydrogen-bond donors (Lipinski definition) is 0. The van der Waals surface area contributed by atoms with Gasteiger partial charge in [0.1, 0.15) is 30.1 Å². The van der Waals surface area contributed by atoms with Crippen LogP contribution in [0.1, 0.15) is 11.1 Å². The summed E-state index contributed by atoms with van der Waals surface area (Å²) in [5.41, 5.74) is 1.44. The third-order valence-electron chi connectivity index (χ3n) is 3.15. The second-order valence-electron chi connectivity index (χ2n) is 4.69. The Kier molecular flexibility index (Phi) is 6.09. The fourth-order valence-corrected chi connectivity index (χ4v) is 2.53. The van der Waals surface area contributed by atoms with E-state index in [1.165, 1.54) is 6.08 Å². The standard InChI is InChI=1S/C18H12Cl2N2O2/c1-23-17-6-5-12(7-13(9-21)10-22)8-14(17)11-24-18-15(19)3-2-4-16(18)20/h2-8H,11H2,1H3. The summed E-state index contributed by atoms with van der Waals surface area (Å²) in [6, 6.07) is 14.0. The van der Waals surface area contributed by atoms with Gasteiger partial charge in [-0.25, -0.2) is 0 Å². The maximum atomic E-state index is 8.85. The predicted molar refractivity (Wildman–Crippen MR) is 93.0 cm³/mol. The number of benzene rings is 2. The molecule has 0 radical (unpaired) electrons. The fourth-order valence-electron chi connectivity index (χ4n) is 2.03. The molecule has 2 rings (SSSR count). The summed E-state index contributed by atoms with van der Waals surface area (Å²) in [4.78, 5) is 0. The molecule has 0 heterocycles. The Hall–Kier alpha value is -2.66. The number of methoxy groups -OCH3 is 1. The third-order valence-corrected chi connectivity index (χ3v) is 3.74. The third kappa shape index (κ3) is 4.20. The lowest BCUT2D eigenvalue weighted by Crippen LogP contribution is -2.00. The average molecular weight is 359 g/mol. The molecule has 0 bridgehead atoms. The van der Waals surface area contributed by atoms with Crippen molar-refractivity contribution in [2.75, 3.05) is 7.11 Å². The second-order valence-corrected chi connectivity index (χ2v) is 5.51. The van der Waals surface area contributed by atoms with Crippen LogP contribution >= 0.6 is 23.2 Å². The van der Waals surface area contributed by atoms with Gasteiger partial charge in [0.25, 0.3) is 0 Å². The van der Waals surface area contributed by atoms with E-state index in [1.54, 1.807) is 43.5 Å². The van der Waals surface area contributed by atoms with Gasteiger partial charge in [-0.3, -0.25) is 0 Å². The molecule has 0 saturated carbocycles. The van der Waals surface area contributed by atoms with Crippen molar-refractivity contribution in [1.82, 2.24) is 0 Å². The second kappa shape index (κ2) is 8.26. The van der Waals surface area contributed by atoms with Crippen molar-refractivity contribution < 1.29 is 9.47 Å². The first-order chi connectivity index (χ1) is 11.6. The number of para-hydroxylation sites is 1. The zero-order chi connectivity index (χ0) is 17.5. The minimum atomic E-state index is 0.0150. The monoisotopic (exact) mass is 358 g/mol. The van der Waals surface area contributed by atoms with E-state index in [-0.39, 0.29) is 12.2 Å². The molecule has 0 spiro atoms. The van der Waals surface area contributed by atoms with Crippen molar-refractivity contribution in [2.45, 2.75) is 6.61 Å². The molecular weight excluding hydrogens is 347 g/mol. The van der Waals surface area contributed by atoms with Crippen LogP contribution in [0, 0.1) is 22.7 Å². The van der Waals surface area contributed by atoms with Crippen molar-refractivity contribution in [2.24, 2.45) is 0 Å². The first-order valence-electron chi connectivity index (χ1n) is 6.84. The minimum absolute atomic E-state index is 0.0150. The van der Waals surface area contributed by atoms with Crippen LogP contribution in [0.25, 0.3) is 6.08 Å². The summed E-state index contributed by atoms with van der Waals surface area (Å²) in [6.45, 7) is 0.169. The van der Waals surface area contributed by atoms with E-state index in [9.17, 15) is 0 Å². The summed E-state index contributed by atoms with van der Waals surface area (Å²) < 4.78 is 11.0. The van der Waals surface area contributed by atoms with E-state index in [0.29, 0.717) is 27.1 Å². The Morgan fingerprint density at radius 2 is 1.79 bits per heavy atom. The zero-order valence-corrected chi connectivity index (χ0v) is 14.2. The first-order valence-corrected chi connectivity index (χ1v) is 7.60. The van der Waals surface area contributed by atoms with Crippen molar-refractivity contribution >= 4 is 29.3 Å². The van der Waals surface area contributed by atoms with Gasteiger partial charge >= 0.3 is 0 Å². The summed E-state index contributed by atoms with van der Waals surface area (Å²) >= 11 is 12.2. The van der Waals surface area contributed by atoms with E-state index in [1.807, 2.05) is 12.1 Å². The van der Waals surface area contributed by atoms with Gasteiger partial charge in [0, 0.05) is 5.56 Å². The molecule has 0 aliphatic heterocycles. The van der Waals surface area contributed by atoms with E-state index in [0.717, 1.165) is 5.56 Å². The van der Waals surface area contributed by atoms with Crippen molar-refractivity contribution in [3.05, 3.63) is 63.1 Å². The van der Waals surface area contributed by atoms with Gasteiger partial charge in [-0.1, -0.05) is 35.3 Å². The lowest BCUT2D eigenvalue weighted by atomic mass is 10.1. The molecule has 0 aliphatic carbocycles. The van der Waals surface area contributed by atoms with Gasteiger partial charge in [0.2, 0.25) is 0 Å². The van der Waals surface area contributed by atoms with Crippen LogP contribution in [-0.2, 0) is 6.61 Å². The number of nitrogens with zero attached hydrogens (tertiary/aromatic N) is 2. The van der Waals surface area contributed by atoms with Gasteiger partial charge in [-0.05, 0) is 35.9 Å². The molecule has 0 atom stereocenters. The molecule has 4 nitrogen and oxygen atoms in total. The fraction of sp³-hybridized carbons (Fsp3) is 0.111. The molecule has 24 heavy (non-hydrogen) atoms. The zero-order valence-electron chi connectivity index (χ0n) is 12.7. The summed E-state index contributed by atoms with van der Waals surface area (Å²) in [6.07, 6.45) is 1.49. The molecule has 2 aromatic rings. The summed E-state index contributed by atoms with van der Waals surface area (Å²) in [5, 5.41) is 18.5. The van der Waals surface area contributed by atoms with Crippen LogP contribution in [0.3, 0.4) is 0 Å². The molecule has 0 aromatic heterocycles. The number of nitriles is 2. The van der Waals surface area contributed by atoms with Gasteiger partial charge < -0.3 is 9.47 Å². The quantitative estimate of drug-likeness (QED) is 0.704. The molecule has 0 fully saturated rings. The van der Waals surface area contributed by atoms with E-state index >= 15 is 0 Å². The molecule has 0 unspecified atom stereocenters. The van der Waals surface area contributed by atoms with E-state index in [4.69, 9.17) is 43.2 Å².